The van der Waals surface area contributed by atoms with E-state index in [1.165, 1.54) is 17.3 Å². The smallest absolute Gasteiger partial charge is 0.169 e. The zero-order valence-electron chi connectivity index (χ0n) is 9.09. The van der Waals surface area contributed by atoms with Crippen LogP contribution in [0.15, 0.2) is 10.5 Å². The van der Waals surface area contributed by atoms with Crippen LogP contribution in [0, 0.1) is 5.41 Å². The number of rotatable bonds is 3. The minimum Gasteiger partial charge on any atom is -0.396 e. The zero-order chi connectivity index (χ0) is 10.8. The van der Waals surface area contributed by atoms with Gasteiger partial charge in [0.2, 0.25) is 0 Å². The van der Waals surface area contributed by atoms with Gasteiger partial charge in [0.1, 0.15) is 0 Å². The summed E-state index contributed by atoms with van der Waals surface area (Å²) in [7, 11) is 0. The largest absolute Gasteiger partial charge is 0.396 e. The molecule has 0 aromatic carbocycles. The van der Waals surface area contributed by atoms with Crippen LogP contribution in [0.4, 0.5) is 0 Å². The van der Waals surface area contributed by atoms with E-state index in [0.29, 0.717) is 12.2 Å². The standard InChI is InChI=1S/C11H18O2S/c1-8-6-11(2,3)7-9(13)10(8)14-5-4-12/h12H,4-7H2,1-3H3. The SMILES string of the molecule is CC1=C(SCCO)C(=O)CC(C)(C)C1. The van der Waals surface area contributed by atoms with Gasteiger partial charge in [0, 0.05) is 17.1 Å². The first-order valence-electron chi connectivity index (χ1n) is 4.93. The van der Waals surface area contributed by atoms with E-state index in [9.17, 15) is 4.79 Å². The second-order valence-electron chi connectivity index (χ2n) is 4.62. The predicted molar refractivity (Wildman–Crippen MR) is 60.3 cm³/mol. The molecule has 0 unspecified atom stereocenters. The molecule has 1 rings (SSSR count). The van der Waals surface area contributed by atoms with Gasteiger partial charge in [-0.2, -0.15) is 0 Å². The molecular formula is C11H18O2S. The first-order chi connectivity index (χ1) is 6.46. The first kappa shape index (κ1) is 11.8. The average molecular weight is 214 g/mol. The third kappa shape index (κ3) is 2.85. The molecule has 0 aromatic rings. The lowest BCUT2D eigenvalue weighted by Gasteiger charge is -2.30. The Kier molecular flexibility index (Phi) is 3.78. The second-order valence-corrected chi connectivity index (χ2v) is 5.73. The Balaban J connectivity index is 2.77. The van der Waals surface area contributed by atoms with Crippen molar-refractivity contribution < 1.29 is 9.90 Å². The fourth-order valence-electron chi connectivity index (χ4n) is 1.96. The van der Waals surface area contributed by atoms with E-state index in [4.69, 9.17) is 5.11 Å². The number of aliphatic hydroxyl groups excluding tert-OH is 1. The maximum atomic E-state index is 11.8. The third-order valence-electron chi connectivity index (χ3n) is 2.36. The summed E-state index contributed by atoms with van der Waals surface area (Å²) in [5, 5.41) is 8.72. The van der Waals surface area contributed by atoms with Gasteiger partial charge in [-0.1, -0.05) is 19.4 Å². The second kappa shape index (κ2) is 4.49. The molecule has 1 aliphatic rings. The van der Waals surface area contributed by atoms with Crippen molar-refractivity contribution in [3.8, 4) is 0 Å². The van der Waals surface area contributed by atoms with Crippen molar-refractivity contribution in [1.82, 2.24) is 0 Å². The number of hydrogen-bond donors (Lipinski definition) is 1. The summed E-state index contributed by atoms with van der Waals surface area (Å²) in [6.07, 6.45) is 1.63. The summed E-state index contributed by atoms with van der Waals surface area (Å²) in [6, 6.07) is 0. The molecule has 0 fully saturated rings. The van der Waals surface area contributed by atoms with E-state index in [1.807, 2.05) is 6.92 Å². The van der Waals surface area contributed by atoms with Gasteiger partial charge < -0.3 is 5.11 Å². The Labute approximate surface area is 89.8 Å². The lowest BCUT2D eigenvalue weighted by molar-refractivity contribution is -0.117. The van der Waals surface area contributed by atoms with E-state index >= 15 is 0 Å². The summed E-state index contributed by atoms with van der Waals surface area (Å²) in [6.45, 7) is 6.42. The van der Waals surface area contributed by atoms with Crippen molar-refractivity contribution in [2.75, 3.05) is 12.4 Å². The van der Waals surface area contributed by atoms with Crippen molar-refractivity contribution >= 4 is 17.5 Å². The highest BCUT2D eigenvalue weighted by atomic mass is 32.2. The molecule has 0 radical (unpaired) electrons. The number of carbonyl (C=O) groups is 1. The molecule has 1 N–H and O–H groups in total. The van der Waals surface area contributed by atoms with Crippen LogP contribution < -0.4 is 0 Å². The van der Waals surface area contributed by atoms with Crippen LogP contribution in [-0.4, -0.2) is 23.2 Å². The van der Waals surface area contributed by atoms with Crippen LogP contribution in [0.25, 0.3) is 0 Å². The monoisotopic (exact) mass is 214 g/mol. The molecule has 0 saturated heterocycles. The lowest BCUT2D eigenvalue weighted by Crippen LogP contribution is -2.24. The number of hydrogen-bond acceptors (Lipinski definition) is 3. The molecule has 0 spiro atoms. The first-order valence-corrected chi connectivity index (χ1v) is 5.91. The molecule has 1 aliphatic carbocycles. The molecule has 80 valence electrons. The minimum atomic E-state index is 0.116. The van der Waals surface area contributed by atoms with Gasteiger partial charge in [-0.15, -0.1) is 11.8 Å². The number of thioether (sulfide) groups is 1. The average Bonchev–Trinajstić information content (AvgIpc) is 2.00. The van der Waals surface area contributed by atoms with Crippen molar-refractivity contribution in [2.24, 2.45) is 5.41 Å². The molecule has 0 aliphatic heterocycles. The van der Waals surface area contributed by atoms with Crippen LogP contribution in [0.1, 0.15) is 33.6 Å². The van der Waals surface area contributed by atoms with Crippen LogP contribution in [0.3, 0.4) is 0 Å². The van der Waals surface area contributed by atoms with Gasteiger partial charge in [-0.05, 0) is 18.8 Å². The van der Waals surface area contributed by atoms with Crippen LogP contribution in [0.2, 0.25) is 0 Å². The van der Waals surface area contributed by atoms with Gasteiger partial charge in [-0.3, -0.25) is 4.79 Å². The molecule has 0 amide bonds. The lowest BCUT2D eigenvalue weighted by atomic mass is 9.77. The van der Waals surface area contributed by atoms with E-state index in [0.717, 1.165) is 11.3 Å². The molecule has 14 heavy (non-hydrogen) atoms. The fourth-order valence-corrected chi connectivity index (χ4v) is 2.81. The van der Waals surface area contributed by atoms with Crippen LogP contribution >= 0.6 is 11.8 Å². The van der Waals surface area contributed by atoms with Gasteiger partial charge in [-0.25, -0.2) is 0 Å². The molecule has 0 atom stereocenters. The van der Waals surface area contributed by atoms with Gasteiger partial charge in [0.25, 0.3) is 0 Å². The highest BCUT2D eigenvalue weighted by Crippen LogP contribution is 2.39. The number of allylic oxidation sites excluding steroid dienone is 2. The third-order valence-corrected chi connectivity index (χ3v) is 3.61. The Bertz CT molecular complexity index is 266. The number of carbonyl (C=O) groups excluding carboxylic acids is 1. The number of aliphatic hydroxyl groups is 1. The Morgan fingerprint density at radius 2 is 2.07 bits per heavy atom. The van der Waals surface area contributed by atoms with E-state index in [1.54, 1.807) is 0 Å². The van der Waals surface area contributed by atoms with Gasteiger partial charge in [0.05, 0.1) is 6.61 Å². The van der Waals surface area contributed by atoms with Crippen molar-refractivity contribution in [3.05, 3.63) is 10.5 Å². The van der Waals surface area contributed by atoms with Crippen LogP contribution in [0.5, 0.6) is 0 Å². The summed E-state index contributed by atoms with van der Waals surface area (Å²) < 4.78 is 0. The Morgan fingerprint density at radius 1 is 1.43 bits per heavy atom. The summed E-state index contributed by atoms with van der Waals surface area (Å²) >= 11 is 1.49. The highest BCUT2D eigenvalue weighted by molar-refractivity contribution is 8.04. The molecule has 0 heterocycles. The quantitative estimate of drug-likeness (QED) is 0.783. The van der Waals surface area contributed by atoms with E-state index in [2.05, 4.69) is 13.8 Å². The van der Waals surface area contributed by atoms with E-state index < -0.39 is 0 Å². The van der Waals surface area contributed by atoms with Crippen molar-refractivity contribution in [2.45, 2.75) is 33.6 Å². The summed E-state index contributed by atoms with van der Waals surface area (Å²) in [4.78, 5) is 12.7. The van der Waals surface area contributed by atoms with E-state index in [-0.39, 0.29) is 17.8 Å². The summed E-state index contributed by atoms with van der Waals surface area (Å²) in [5.74, 6) is 0.871. The molecular weight excluding hydrogens is 196 g/mol. The van der Waals surface area contributed by atoms with Crippen LogP contribution in [-0.2, 0) is 4.79 Å². The van der Waals surface area contributed by atoms with Gasteiger partial charge in [0.15, 0.2) is 5.78 Å². The van der Waals surface area contributed by atoms with Gasteiger partial charge >= 0.3 is 0 Å². The molecule has 3 heteroatoms. The number of ketones is 1. The fraction of sp³-hybridized carbons (Fsp3) is 0.727. The van der Waals surface area contributed by atoms with Crippen molar-refractivity contribution in [1.29, 1.82) is 0 Å². The minimum absolute atomic E-state index is 0.116. The predicted octanol–water partition coefficient (Wildman–Crippen LogP) is 2.38. The topological polar surface area (TPSA) is 37.3 Å². The Morgan fingerprint density at radius 3 is 2.57 bits per heavy atom. The molecule has 2 nitrogen and oxygen atoms in total. The zero-order valence-corrected chi connectivity index (χ0v) is 9.91. The summed E-state index contributed by atoms with van der Waals surface area (Å²) in [5.41, 5.74) is 1.30. The number of Topliss-reactive ketones (excluding diaryl/α,β-unsaturated/α-hetero) is 1. The molecule has 0 saturated carbocycles. The van der Waals surface area contributed by atoms with Crippen molar-refractivity contribution in [3.63, 3.8) is 0 Å². The Hall–Kier alpha value is -0.280. The normalized spacial score (nSPS) is 21.6. The highest BCUT2D eigenvalue weighted by Gasteiger charge is 2.30. The maximum Gasteiger partial charge on any atom is 0.169 e. The molecule has 0 aromatic heterocycles. The maximum absolute atomic E-state index is 11.8. The molecule has 0 bridgehead atoms.